The highest BCUT2D eigenvalue weighted by molar-refractivity contribution is 7.91. The van der Waals surface area contributed by atoms with Crippen molar-refractivity contribution >= 4 is 44.8 Å². The highest BCUT2D eigenvalue weighted by Gasteiger charge is 2.31. The maximum Gasteiger partial charge on any atom is 0.330 e. The van der Waals surface area contributed by atoms with E-state index in [1.165, 1.54) is 56.3 Å². The molecule has 1 atom stereocenters. The average Bonchev–Trinajstić information content (AvgIpc) is 3.86. The van der Waals surface area contributed by atoms with Crippen LogP contribution in [0.4, 0.5) is 11.4 Å². The topological polar surface area (TPSA) is 90.7 Å². The van der Waals surface area contributed by atoms with Crippen LogP contribution < -0.4 is 13.9 Å². The Balaban J connectivity index is 1.04. The molecule has 2 aliphatic heterocycles. The molecule has 1 saturated carbocycles. The molecule has 1 saturated heterocycles. The number of hydrogen-bond donors (Lipinski definition) is 2. The van der Waals surface area contributed by atoms with E-state index >= 15 is 0 Å². The fourth-order valence-electron chi connectivity index (χ4n) is 7.85. The lowest BCUT2D eigenvalue weighted by molar-refractivity contribution is 0.265. The summed E-state index contributed by atoms with van der Waals surface area (Å²) >= 11 is 12.8. The Morgan fingerprint density at radius 2 is 1.53 bits per heavy atom. The van der Waals surface area contributed by atoms with Gasteiger partial charge in [0.2, 0.25) is 5.88 Å². The second-order valence-corrected chi connectivity index (χ2v) is 16.2. The molecule has 0 unspecified atom stereocenters. The van der Waals surface area contributed by atoms with E-state index in [0.717, 1.165) is 51.4 Å². The van der Waals surface area contributed by atoms with Gasteiger partial charge in [-0.15, -0.1) is 0 Å². The first-order chi connectivity index (χ1) is 24.7. The van der Waals surface area contributed by atoms with Crippen molar-refractivity contribution in [1.82, 2.24) is 14.3 Å². The maximum absolute atomic E-state index is 12.6. The summed E-state index contributed by atoms with van der Waals surface area (Å²) in [5.74, 6) is 2.03. The molecule has 1 aromatic heterocycles. The molecule has 0 spiro atoms. The molecule has 1 aliphatic carbocycles. The number of hydrogen-bond acceptors (Lipinski definition) is 5. The lowest BCUT2D eigenvalue weighted by Crippen LogP contribution is -2.29. The Bertz CT molecular complexity index is 2200. The summed E-state index contributed by atoms with van der Waals surface area (Å²) in [6.07, 6.45) is 11.9. The van der Waals surface area contributed by atoms with Gasteiger partial charge in [-0.05, 0) is 83.5 Å². The van der Waals surface area contributed by atoms with Crippen molar-refractivity contribution in [1.29, 1.82) is 0 Å². The van der Waals surface area contributed by atoms with Gasteiger partial charge in [0.15, 0.2) is 0 Å². The van der Waals surface area contributed by atoms with E-state index in [1.54, 1.807) is 30.3 Å². The zero-order chi connectivity index (χ0) is 35.1. The predicted molar refractivity (Wildman–Crippen MR) is 206 cm³/mol. The second kappa shape index (κ2) is 13.9. The minimum Gasteiger partial charge on any atom is -0.493 e. The van der Waals surface area contributed by atoms with E-state index in [9.17, 15) is 13.5 Å². The van der Waals surface area contributed by atoms with Crippen molar-refractivity contribution in [3.05, 3.63) is 131 Å². The lowest BCUT2D eigenvalue weighted by atomic mass is 9.80. The summed E-state index contributed by atoms with van der Waals surface area (Å²) in [7, 11) is -3.95. The lowest BCUT2D eigenvalue weighted by Gasteiger charge is -2.28. The van der Waals surface area contributed by atoms with E-state index in [1.807, 2.05) is 22.9 Å². The summed E-state index contributed by atoms with van der Waals surface area (Å²) in [5.41, 5.74) is 7.15. The number of anilines is 2. The zero-order valence-electron chi connectivity index (χ0n) is 28.1. The quantitative estimate of drug-likeness (QED) is 0.166. The molecule has 4 aromatic carbocycles. The maximum atomic E-state index is 12.6. The number of nitrogens with zero attached hydrogens (tertiary/aromatic N) is 4. The number of nitrogens with one attached hydrogen (secondary N) is 1. The van der Waals surface area contributed by atoms with Gasteiger partial charge in [-0.3, -0.25) is 0 Å². The normalized spacial score (nSPS) is 18.9. The van der Waals surface area contributed by atoms with Gasteiger partial charge in [-0.2, -0.15) is 8.42 Å². The molecule has 0 bridgehead atoms. The van der Waals surface area contributed by atoms with Crippen LogP contribution in [-0.2, 0) is 16.6 Å². The molecule has 8 nitrogen and oxygen atoms in total. The highest BCUT2D eigenvalue weighted by Crippen LogP contribution is 2.37. The van der Waals surface area contributed by atoms with E-state index in [-0.39, 0.29) is 0 Å². The van der Waals surface area contributed by atoms with Crippen molar-refractivity contribution in [2.24, 2.45) is 11.8 Å². The molecule has 2 N–H and O–H groups in total. The van der Waals surface area contributed by atoms with Gasteiger partial charge < -0.3 is 14.6 Å². The van der Waals surface area contributed by atoms with Gasteiger partial charge in [-0.25, -0.2) is 14.0 Å². The summed E-state index contributed by atoms with van der Waals surface area (Å²) in [6, 6.07) is 29.9. The van der Waals surface area contributed by atoms with Crippen LogP contribution in [0, 0.1) is 11.8 Å². The van der Waals surface area contributed by atoms with Crippen LogP contribution in [0.2, 0.25) is 10.0 Å². The third-order valence-electron chi connectivity index (χ3n) is 10.5. The Labute approximate surface area is 309 Å². The molecular weight excluding hydrogens is 701 g/mol. The molecule has 3 heterocycles. The van der Waals surface area contributed by atoms with Gasteiger partial charge in [-0.1, -0.05) is 97.8 Å². The number of rotatable bonds is 8. The van der Waals surface area contributed by atoms with Crippen LogP contribution in [0.15, 0.2) is 109 Å². The fourth-order valence-corrected chi connectivity index (χ4v) is 9.40. The third-order valence-corrected chi connectivity index (χ3v) is 12.4. The van der Waals surface area contributed by atoms with Crippen molar-refractivity contribution in [3.8, 4) is 28.1 Å². The van der Waals surface area contributed by atoms with E-state index in [0.29, 0.717) is 33.5 Å². The molecule has 0 radical (unpaired) electrons. The molecule has 11 heteroatoms. The predicted octanol–water partition coefficient (Wildman–Crippen LogP) is 9.52. The Hall–Kier alpha value is -4.44. The van der Waals surface area contributed by atoms with E-state index in [2.05, 4.69) is 58.2 Å². The number of aromatic nitrogens is 2. The largest absolute Gasteiger partial charge is 0.493 e. The molecule has 0 amide bonds. The summed E-state index contributed by atoms with van der Waals surface area (Å²) in [4.78, 5) is 7.57. The average molecular weight is 741 g/mol. The number of imidazole rings is 1. The minimum absolute atomic E-state index is 0.360. The third kappa shape index (κ3) is 7.07. The standard InChI is InChI=1S/C40H39Cl2N5O3S/c41-32-15-18-36(37(42)22-32)38-25-46(34-7-4-8-35(23-34)47-26-40(48)44-51(47,49)50)39(43-38)21-27-9-11-29(12-10-27)30-13-16-33(17-14-30)45-20-19-31(24-45)28-5-2-1-3-6-28/h4,7-18,22-23,25-26,28,31,44,48H,1-3,5-6,19-21,24H2/t31-/m1/s1. The van der Waals surface area contributed by atoms with Crippen LogP contribution in [0.1, 0.15) is 49.9 Å². The minimum atomic E-state index is -3.95. The fraction of sp³-hybridized carbons (Fsp3) is 0.275. The van der Waals surface area contributed by atoms with Gasteiger partial charge in [0.05, 0.1) is 22.6 Å². The molecule has 2 fully saturated rings. The molecule has 5 aromatic rings. The van der Waals surface area contributed by atoms with E-state index in [4.69, 9.17) is 28.2 Å². The first kappa shape index (κ1) is 33.7. The summed E-state index contributed by atoms with van der Waals surface area (Å²) in [6.45, 7) is 2.33. The monoisotopic (exact) mass is 739 g/mol. The Morgan fingerprint density at radius 3 is 2.24 bits per heavy atom. The van der Waals surface area contributed by atoms with Crippen LogP contribution in [0.5, 0.6) is 0 Å². The summed E-state index contributed by atoms with van der Waals surface area (Å²) in [5, 5.41) is 10.9. The molecular formula is C40H39Cl2N5O3S. The first-order valence-electron chi connectivity index (χ1n) is 17.5. The molecule has 51 heavy (non-hydrogen) atoms. The first-order valence-corrected chi connectivity index (χ1v) is 19.7. The molecule has 262 valence electrons. The van der Waals surface area contributed by atoms with Crippen molar-refractivity contribution in [2.45, 2.75) is 44.9 Å². The van der Waals surface area contributed by atoms with Crippen LogP contribution in [0.25, 0.3) is 28.1 Å². The van der Waals surface area contributed by atoms with Gasteiger partial charge in [0, 0.05) is 47.7 Å². The number of halogens is 2. The molecule has 3 aliphatic rings. The summed E-state index contributed by atoms with van der Waals surface area (Å²) < 4.78 is 30.3. The number of aliphatic hydroxyl groups is 1. The number of benzene rings is 4. The van der Waals surface area contributed by atoms with Crippen LogP contribution in [-0.4, -0.2) is 36.2 Å². The van der Waals surface area contributed by atoms with E-state index < -0.39 is 16.1 Å². The van der Waals surface area contributed by atoms with Gasteiger partial charge in [0.25, 0.3) is 0 Å². The van der Waals surface area contributed by atoms with Gasteiger partial charge in [0.1, 0.15) is 5.82 Å². The second-order valence-electron chi connectivity index (χ2n) is 13.8. The van der Waals surface area contributed by atoms with Crippen LogP contribution >= 0.6 is 23.2 Å². The van der Waals surface area contributed by atoms with Crippen molar-refractivity contribution in [2.75, 3.05) is 22.3 Å². The SMILES string of the molecule is O=S1(=O)NC(O)=CN1c1cccc(-n2cc(-c3ccc(Cl)cc3Cl)nc2Cc2ccc(-c3ccc(N4CC[C@@H](C5CCCCC5)C4)cc3)cc2)c1. The Kier molecular flexibility index (Phi) is 9.21. The smallest absolute Gasteiger partial charge is 0.330 e. The molecule has 8 rings (SSSR count). The van der Waals surface area contributed by atoms with Gasteiger partial charge >= 0.3 is 10.2 Å². The van der Waals surface area contributed by atoms with Crippen molar-refractivity contribution in [3.63, 3.8) is 0 Å². The zero-order valence-corrected chi connectivity index (χ0v) is 30.4. The van der Waals surface area contributed by atoms with Crippen LogP contribution in [0.3, 0.4) is 0 Å². The van der Waals surface area contributed by atoms with Crippen molar-refractivity contribution < 1.29 is 13.5 Å². The number of aliphatic hydroxyl groups excluding tert-OH is 1. The Morgan fingerprint density at radius 1 is 0.804 bits per heavy atom. The highest BCUT2D eigenvalue weighted by atomic mass is 35.5.